The molecule has 6 nitrogen and oxygen atoms in total. The number of ether oxygens (including phenoxy) is 2. The number of carbonyl (C=O) groups excluding carboxylic acids is 2. The van der Waals surface area contributed by atoms with E-state index < -0.39 is 30.6 Å². The van der Waals surface area contributed by atoms with Crippen LogP contribution in [0.4, 0.5) is 18.9 Å². The number of amides is 1. The number of benzene rings is 1. The van der Waals surface area contributed by atoms with Crippen molar-refractivity contribution in [3.63, 3.8) is 0 Å². The van der Waals surface area contributed by atoms with Gasteiger partial charge in [-0.25, -0.2) is 4.79 Å². The van der Waals surface area contributed by atoms with Gasteiger partial charge in [0.05, 0.1) is 6.26 Å². The number of alkyl halides is 3. The predicted octanol–water partition coefficient (Wildman–Crippen LogP) is 3.28. The van der Waals surface area contributed by atoms with Crippen molar-refractivity contribution in [3.8, 4) is 5.75 Å². The SMILES string of the molecule is Cc1ccoc1C(=O)OCC(=O)Nc1ccc(OC(F)(F)F)cc1. The lowest BCUT2D eigenvalue weighted by Gasteiger charge is -2.10. The van der Waals surface area contributed by atoms with Gasteiger partial charge in [-0.3, -0.25) is 4.79 Å². The van der Waals surface area contributed by atoms with Crippen LogP contribution in [0.2, 0.25) is 0 Å². The van der Waals surface area contributed by atoms with Crippen LogP contribution in [-0.4, -0.2) is 24.8 Å². The van der Waals surface area contributed by atoms with Crippen LogP contribution in [0.1, 0.15) is 16.1 Å². The first-order valence-electron chi connectivity index (χ1n) is 6.61. The van der Waals surface area contributed by atoms with Gasteiger partial charge in [0.1, 0.15) is 5.75 Å². The average Bonchev–Trinajstić information content (AvgIpc) is 2.91. The molecule has 0 bridgehead atoms. The highest BCUT2D eigenvalue weighted by atomic mass is 19.4. The fourth-order valence-electron chi connectivity index (χ4n) is 1.72. The Morgan fingerprint density at radius 1 is 1.17 bits per heavy atom. The largest absolute Gasteiger partial charge is 0.573 e. The molecule has 128 valence electrons. The second kappa shape index (κ2) is 7.07. The summed E-state index contributed by atoms with van der Waals surface area (Å²) in [7, 11) is 0. The molecule has 1 heterocycles. The van der Waals surface area contributed by atoms with Crippen LogP contribution in [0.5, 0.6) is 5.75 Å². The molecule has 9 heteroatoms. The Morgan fingerprint density at radius 2 is 1.83 bits per heavy atom. The Balaban J connectivity index is 1.84. The zero-order valence-electron chi connectivity index (χ0n) is 12.3. The van der Waals surface area contributed by atoms with Crippen molar-refractivity contribution in [2.75, 3.05) is 11.9 Å². The maximum absolute atomic E-state index is 12.0. The van der Waals surface area contributed by atoms with Gasteiger partial charge >= 0.3 is 12.3 Å². The summed E-state index contributed by atoms with van der Waals surface area (Å²) in [4.78, 5) is 23.3. The molecule has 0 radical (unpaired) electrons. The number of aryl methyl sites for hydroxylation is 1. The monoisotopic (exact) mass is 343 g/mol. The number of halogens is 3. The molecular weight excluding hydrogens is 331 g/mol. The highest BCUT2D eigenvalue weighted by molar-refractivity contribution is 5.95. The van der Waals surface area contributed by atoms with Gasteiger partial charge in [-0.1, -0.05) is 0 Å². The lowest BCUT2D eigenvalue weighted by Crippen LogP contribution is -2.21. The number of furan rings is 1. The number of esters is 1. The topological polar surface area (TPSA) is 77.8 Å². The zero-order valence-corrected chi connectivity index (χ0v) is 12.3. The van der Waals surface area contributed by atoms with E-state index >= 15 is 0 Å². The number of hydrogen-bond donors (Lipinski definition) is 1. The molecule has 24 heavy (non-hydrogen) atoms. The first kappa shape index (κ1) is 17.4. The van der Waals surface area contributed by atoms with E-state index in [9.17, 15) is 22.8 Å². The summed E-state index contributed by atoms with van der Waals surface area (Å²) in [6.45, 7) is 1.07. The van der Waals surface area contributed by atoms with Crippen LogP contribution in [-0.2, 0) is 9.53 Å². The molecule has 1 aromatic heterocycles. The Bertz CT molecular complexity index is 721. The predicted molar refractivity (Wildman–Crippen MR) is 75.5 cm³/mol. The van der Waals surface area contributed by atoms with Gasteiger partial charge in [-0.2, -0.15) is 0 Å². The van der Waals surface area contributed by atoms with Crippen molar-refractivity contribution >= 4 is 17.6 Å². The molecule has 0 saturated heterocycles. The van der Waals surface area contributed by atoms with Crippen molar-refractivity contribution in [2.45, 2.75) is 13.3 Å². The quantitative estimate of drug-likeness (QED) is 0.843. The highest BCUT2D eigenvalue weighted by Crippen LogP contribution is 2.23. The second-order valence-electron chi connectivity index (χ2n) is 4.63. The smallest absolute Gasteiger partial charge is 0.457 e. The lowest BCUT2D eigenvalue weighted by atomic mass is 10.3. The molecule has 0 aliphatic carbocycles. The van der Waals surface area contributed by atoms with Gasteiger partial charge in [0.25, 0.3) is 5.91 Å². The van der Waals surface area contributed by atoms with Gasteiger partial charge in [0.15, 0.2) is 6.61 Å². The van der Waals surface area contributed by atoms with Crippen molar-refractivity contribution in [1.29, 1.82) is 0 Å². The molecule has 2 rings (SSSR count). The van der Waals surface area contributed by atoms with Crippen LogP contribution in [0.3, 0.4) is 0 Å². The summed E-state index contributed by atoms with van der Waals surface area (Å²) in [5.41, 5.74) is 0.792. The van der Waals surface area contributed by atoms with Gasteiger partial charge in [0.2, 0.25) is 5.76 Å². The van der Waals surface area contributed by atoms with Gasteiger partial charge in [-0.05, 0) is 37.3 Å². The van der Waals surface area contributed by atoms with E-state index in [4.69, 9.17) is 9.15 Å². The molecule has 1 N–H and O–H groups in total. The number of nitrogens with one attached hydrogen (secondary N) is 1. The van der Waals surface area contributed by atoms with Crippen LogP contribution in [0.25, 0.3) is 0 Å². The van der Waals surface area contributed by atoms with Crippen LogP contribution >= 0.6 is 0 Å². The molecule has 0 saturated carbocycles. The Labute approximate surface area is 134 Å². The van der Waals surface area contributed by atoms with Crippen LogP contribution in [0, 0.1) is 6.92 Å². The molecule has 0 aliphatic heterocycles. The normalized spacial score (nSPS) is 11.0. The summed E-state index contributed by atoms with van der Waals surface area (Å²) in [5, 5.41) is 2.36. The van der Waals surface area contributed by atoms with E-state index in [2.05, 4.69) is 10.1 Å². The summed E-state index contributed by atoms with van der Waals surface area (Å²) in [6.07, 6.45) is -3.47. The molecule has 0 aliphatic rings. The van der Waals surface area contributed by atoms with Gasteiger partial charge in [-0.15, -0.1) is 13.2 Å². The Morgan fingerprint density at radius 3 is 2.38 bits per heavy atom. The minimum absolute atomic E-state index is 0.00328. The molecule has 0 unspecified atom stereocenters. The lowest BCUT2D eigenvalue weighted by molar-refractivity contribution is -0.274. The first-order chi connectivity index (χ1) is 11.2. The highest BCUT2D eigenvalue weighted by Gasteiger charge is 2.30. The average molecular weight is 343 g/mol. The van der Waals surface area contributed by atoms with E-state index in [1.807, 2.05) is 0 Å². The van der Waals surface area contributed by atoms with Crippen molar-refractivity contribution in [1.82, 2.24) is 0 Å². The fraction of sp³-hybridized carbons (Fsp3) is 0.200. The molecule has 0 spiro atoms. The van der Waals surface area contributed by atoms with Crippen molar-refractivity contribution < 1.29 is 36.7 Å². The van der Waals surface area contributed by atoms with Crippen molar-refractivity contribution in [3.05, 3.63) is 47.9 Å². The van der Waals surface area contributed by atoms with Gasteiger partial charge < -0.3 is 19.2 Å². The molecule has 1 aromatic carbocycles. The summed E-state index contributed by atoms with van der Waals surface area (Å²) < 4.78 is 49.5. The first-order valence-corrected chi connectivity index (χ1v) is 6.61. The summed E-state index contributed by atoms with van der Waals surface area (Å²) in [5.74, 6) is -1.87. The maximum Gasteiger partial charge on any atom is 0.573 e. The van der Waals surface area contributed by atoms with Crippen LogP contribution < -0.4 is 10.1 Å². The zero-order chi connectivity index (χ0) is 17.7. The minimum atomic E-state index is -4.79. The molecule has 0 fully saturated rings. The van der Waals surface area contributed by atoms with E-state index in [0.717, 1.165) is 12.1 Å². The third-order valence-electron chi connectivity index (χ3n) is 2.75. The van der Waals surface area contributed by atoms with Crippen molar-refractivity contribution in [2.24, 2.45) is 0 Å². The number of anilines is 1. The molecule has 0 atom stereocenters. The number of carbonyl (C=O) groups is 2. The standard InChI is InChI=1S/C15H12F3NO5/c1-9-6-7-22-13(9)14(21)23-8-12(20)19-10-2-4-11(5-3-10)24-15(16,17)18/h2-7H,8H2,1H3,(H,19,20). The Hall–Kier alpha value is -2.97. The Kier molecular flexibility index (Phi) is 5.12. The van der Waals surface area contributed by atoms with Crippen LogP contribution in [0.15, 0.2) is 41.0 Å². The summed E-state index contributed by atoms with van der Waals surface area (Å²) in [6, 6.07) is 6.10. The maximum atomic E-state index is 12.0. The van der Waals surface area contributed by atoms with E-state index in [1.165, 1.54) is 18.4 Å². The van der Waals surface area contributed by atoms with E-state index in [1.54, 1.807) is 13.0 Å². The van der Waals surface area contributed by atoms with E-state index in [-0.39, 0.29) is 11.4 Å². The molecule has 1 amide bonds. The number of hydrogen-bond acceptors (Lipinski definition) is 5. The summed E-state index contributed by atoms with van der Waals surface area (Å²) >= 11 is 0. The fourth-order valence-corrected chi connectivity index (χ4v) is 1.72. The minimum Gasteiger partial charge on any atom is -0.457 e. The third-order valence-corrected chi connectivity index (χ3v) is 2.75. The number of rotatable bonds is 5. The third kappa shape index (κ3) is 5.04. The molecular formula is C15H12F3NO5. The second-order valence-corrected chi connectivity index (χ2v) is 4.63. The van der Waals surface area contributed by atoms with Gasteiger partial charge in [0, 0.05) is 11.3 Å². The van der Waals surface area contributed by atoms with E-state index in [0.29, 0.717) is 5.56 Å². The molecule has 2 aromatic rings.